The van der Waals surface area contributed by atoms with Crippen LogP contribution in [0, 0.1) is 0 Å². The van der Waals surface area contributed by atoms with Gasteiger partial charge in [-0.2, -0.15) is 0 Å². The van der Waals surface area contributed by atoms with Crippen LogP contribution in [0.5, 0.6) is 17.2 Å². The predicted octanol–water partition coefficient (Wildman–Crippen LogP) is 3.39. The van der Waals surface area contributed by atoms with Crippen molar-refractivity contribution in [2.75, 3.05) is 52.4 Å². The van der Waals surface area contributed by atoms with Gasteiger partial charge < -0.3 is 24.0 Å². The number of carbonyl (C=O) groups excluding carboxylic acids is 1. The molecule has 2 aromatic rings. The number of benzene rings is 2. The van der Waals surface area contributed by atoms with Crippen molar-refractivity contribution in [1.29, 1.82) is 0 Å². The molecule has 1 fully saturated rings. The smallest absolute Gasteiger partial charge is 0.249 e. The van der Waals surface area contributed by atoms with Gasteiger partial charge in [0.2, 0.25) is 11.7 Å². The molecule has 4 rings (SSSR count). The maximum Gasteiger partial charge on any atom is 0.249 e. The van der Waals surface area contributed by atoms with Gasteiger partial charge in [0.05, 0.1) is 21.3 Å². The number of para-hydroxylation sites is 1. The summed E-state index contributed by atoms with van der Waals surface area (Å²) in [6, 6.07) is 12.3. The van der Waals surface area contributed by atoms with Crippen LogP contribution in [0.2, 0.25) is 0 Å². The molecule has 0 atom stereocenters. The molecule has 0 N–H and O–H groups in total. The summed E-state index contributed by atoms with van der Waals surface area (Å²) >= 11 is 0. The van der Waals surface area contributed by atoms with Crippen molar-refractivity contribution in [3.05, 3.63) is 53.1 Å². The van der Waals surface area contributed by atoms with E-state index < -0.39 is 0 Å². The summed E-state index contributed by atoms with van der Waals surface area (Å²) in [5, 5.41) is 0. The van der Waals surface area contributed by atoms with E-state index >= 15 is 0 Å². The summed E-state index contributed by atoms with van der Waals surface area (Å²) < 4.78 is 16.6. The highest BCUT2D eigenvalue weighted by molar-refractivity contribution is 5.99. The molecule has 2 aromatic carbocycles. The van der Waals surface area contributed by atoms with E-state index in [0.717, 1.165) is 49.3 Å². The number of hydrogen-bond donors (Lipinski definition) is 0. The summed E-state index contributed by atoms with van der Waals surface area (Å²) in [5.74, 6) is 2.02. The Morgan fingerprint density at radius 2 is 1.57 bits per heavy atom. The first-order valence-corrected chi connectivity index (χ1v) is 10.3. The number of piperazine rings is 1. The lowest BCUT2D eigenvalue weighted by atomic mass is 9.90. The molecule has 6 heteroatoms. The number of amides is 1. The monoisotopic (exact) mass is 408 g/mol. The van der Waals surface area contributed by atoms with E-state index in [-0.39, 0.29) is 5.91 Å². The molecule has 158 valence electrons. The van der Waals surface area contributed by atoms with Crippen molar-refractivity contribution in [2.24, 2.45) is 0 Å². The molecular formula is C24H28N2O4. The number of hydrogen-bond acceptors (Lipinski definition) is 5. The van der Waals surface area contributed by atoms with Crippen molar-refractivity contribution in [1.82, 2.24) is 4.90 Å². The second kappa shape index (κ2) is 8.69. The van der Waals surface area contributed by atoms with E-state index in [1.807, 2.05) is 23.1 Å². The Morgan fingerprint density at radius 1 is 0.867 bits per heavy atom. The second-order valence-corrected chi connectivity index (χ2v) is 7.50. The zero-order chi connectivity index (χ0) is 21.1. The van der Waals surface area contributed by atoms with E-state index in [4.69, 9.17) is 14.2 Å². The number of fused-ring (bicyclic) bond motifs is 1. The first-order valence-electron chi connectivity index (χ1n) is 10.3. The zero-order valence-corrected chi connectivity index (χ0v) is 17.8. The van der Waals surface area contributed by atoms with E-state index in [1.54, 1.807) is 21.3 Å². The van der Waals surface area contributed by atoms with Gasteiger partial charge >= 0.3 is 0 Å². The Balaban J connectivity index is 1.52. The predicted molar refractivity (Wildman–Crippen MR) is 118 cm³/mol. The number of ether oxygens (including phenoxy) is 3. The molecule has 1 heterocycles. The van der Waals surface area contributed by atoms with Crippen molar-refractivity contribution in [2.45, 2.75) is 12.8 Å². The lowest BCUT2D eigenvalue weighted by molar-refractivity contribution is -0.127. The highest BCUT2D eigenvalue weighted by Crippen LogP contribution is 2.45. The molecule has 0 saturated carbocycles. The Labute approximate surface area is 177 Å². The Kier molecular flexibility index (Phi) is 5.84. The van der Waals surface area contributed by atoms with Crippen molar-refractivity contribution >= 4 is 17.7 Å². The lowest BCUT2D eigenvalue weighted by Gasteiger charge is -2.37. The molecule has 0 unspecified atom stereocenters. The Hall–Kier alpha value is -3.15. The first kappa shape index (κ1) is 20.1. The SMILES string of the molecule is COc1cc2c(c(OC)c1OC)CCC(C(=O)N1CCN(c3ccccc3)CC1)=C2. The van der Waals surface area contributed by atoms with Crippen LogP contribution >= 0.6 is 0 Å². The van der Waals surface area contributed by atoms with Gasteiger partial charge in [-0.25, -0.2) is 0 Å². The van der Waals surface area contributed by atoms with Crippen molar-refractivity contribution in [3.63, 3.8) is 0 Å². The van der Waals surface area contributed by atoms with Gasteiger partial charge in [0, 0.05) is 43.0 Å². The average Bonchev–Trinajstić information content (AvgIpc) is 2.82. The average molecular weight is 408 g/mol. The van der Waals surface area contributed by atoms with Crippen LogP contribution in [0.1, 0.15) is 17.5 Å². The summed E-state index contributed by atoms with van der Waals surface area (Å²) in [4.78, 5) is 17.5. The molecule has 0 spiro atoms. The van der Waals surface area contributed by atoms with Gasteiger partial charge in [0.1, 0.15) is 0 Å². The molecule has 1 amide bonds. The number of rotatable bonds is 5. The fraction of sp³-hybridized carbons (Fsp3) is 0.375. The number of anilines is 1. The standard InChI is InChI=1S/C24H28N2O4/c1-28-21-16-18-15-17(9-10-20(18)22(29-2)23(21)30-3)24(27)26-13-11-25(12-14-26)19-7-5-4-6-8-19/h4-8,15-16H,9-14H2,1-3H3. The molecule has 1 aliphatic heterocycles. The topological polar surface area (TPSA) is 51.2 Å². The van der Waals surface area contributed by atoms with Crippen molar-refractivity contribution in [3.8, 4) is 17.2 Å². The highest BCUT2D eigenvalue weighted by Gasteiger charge is 2.28. The second-order valence-electron chi connectivity index (χ2n) is 7.50. The minimum absolute atomic E-state index is 0.127. The third-order valence-electron chi connectivity index (χ3n) is 5.90. The van der Waals surface area contributed by atoms with Crippen molar-refractivity contribution < 1.29 is 19.0 Å². The van der Waals surface area contributed by atoms with Crippen LogP contribution in [-0.4, -0.2) is 58.3 Å². The molecular weight excluding hydrogens is 380 g/mol. The molecule has 1 saturated heterocycles. The fourth-order valence-electron chi connectivity index (χ4n) is 4.32. The van der Waals surface area contributed by atoms with Gasteiger partial charge in [-0.15, -0.1) is 0 Å². The van der Waals surface area contributed by atoms with Crippen LogP contribution < -0.4 is 19.1 Å². The molecule has 6 nitrogen and oxygen atoms in total. The zero-order valence-electron chi connectivity index (χ0n) is 17.8. The summed E-state index contributed by atoms with van der Waals surface area (Å²) in [6.07, 6.45) is 3.41. The normalized spacial score (nSPS) is 15.9. The van der Waals surface area contributed by atoms with Crippen LogP contribution in [0.15, 0.2) is 42.0 Å². The van der Waals surface area contributed by atoms with E-state index in [1.165, 1.54) is 5.69 Å². The summed E-state index contributed by atoms with van der Waals surface area (Å²) in [5.41, 5.74) is 4.07. The van der Waals surface area contributed by atoms with E-state index in [0.29, 0.717) is 23.7 Å². The fourth-order valence-corrected chi connectivity index (χ4v) is 4.32. The largest absolute Gasteiger partial charge is 0.493 e. The molecule has 0 bridgehead atoms. The van der Waals surface area contributed by atoms with Gasteiger partial charge in [0.25, 0.3) is 0 Å². The number of carbonyl (C=O) groups is 1. The molecule has 0 radical (unpaired) electrons. The maximum atomic E-state index is 13.2. The lowest BCUT2D eigenvalue weighted by Crippen LogP contribution is -2.49. The van der Waals surface area contributed by atoms with Gasteiger partial charge in [-0.1, -0.05) is 18.2 Å². The third kappa shape index (κ3) is 3.70. The van der Waals surface area contributed by atoms with Gasteiger partial charge in [0.15, 0.2) is 11.5 Å². The minimum Gasteiger partial charge on any atom is -0.493 e. The number of methoxy groups -OCH3 is 3. The van der Waals surface area contributed by atoms with Crippen LogP contribution in [-0.2, 0) is 11.2 Å². The minimum atomic E-state index is 0.127. The van der Waals surface area contributed by atoms with Crippen LogP contribution in [0.4, 0.5) is 5.69 Å². The van der Waals surface area contributed by atoms with E-state index in [2.05, 4.69) is 29.2 Å². The first-order chi connectivity index (χ1) is 14.7. The molecule has 2 aliphatic rings. The summed E-state index contributed by atoms with van der Waals surface area (Å²) in [7, 11) is 4.85. The quantitative estimate of drug-likeness (QED) is 0.759. The number of nitrogens with zero attached hydrogens (tertiary/aromatic N) is 2. The molecule has 0 aromatic heterocycles. The third-order valence-corrected chi connectivity index (χ3v) is 5.90. The molecule has 1 aliphatic carbocycles. The van der Waals surface area contributed by atoms with Crippen LogP contribution in [0.25, 0.3) is 6.08 Å². The molecule has 30 heavy (non-hydrogen) atoms. The highest BCUT2D eigenvalue weighted by atomic mass is 16.5. The maximum absolute atomic E-state index is 13.2. The Bertz CT molecular complexity index is 947. The summed E-state index contributed by atoms with van der Waals surface area (Å²) in [6.45, 7) is 3.15. The van der Waals surface area contributed by atoms with Gasteiger partial charge in [-0.3, -0.25) is 4.79 Å². The Morgan fingerprint density at radius 3 is 2.20 bits per heavy atom. The van der Waals surface area contributed by atoms with E-state index in [9.17, 15) is 4.79 Å². The van der Waals surface area contributed by atoms with Crippen LogP contribution in [0.3, 0.4) is 0 Å². The van der Waals surface area contributed by atoms with Gasteiger partial charge in [-0.05, 0) is 42.7 Å².